The monoisotopic (exact) mass is 336 g/mol. The zero-order valence-corrected chi connectivity index (χ0v) is 14.2. The minimum Gasteiger partial charge on any atom is -0.381 e. The molecule has 1 unspecified atom stereocenters. The normalized spacial score (nSPS) is 22.9. The molecule has 1 atom stereocenters. The lowest BCUT2D eigenvalue weighted by molar-refractivity contribution is 0.00625. The third-order valence-corrected chi connectivity index (χ3v) is 5.52. The second-order valence-electron chi connectivity index (χ2n) is 6.70. The molecule has 1 spiro atoms. The first kappa shape index (κ1) is 16.6. The van der Waals surface area contributed by atoms with Gasteiger partial charge in [-0.2, -0.15) is 0 Å². The van der Waals surface area contributed by atoms with Crippen molar-refractivity contribution in [3.05, 3.63) is 34.9 Å². The Morgan fingerprint density at radius 3 is 2.91 bits per heavy atom. The van der Waals surface area contributed by atoms with Crippen molar-refractivity contribution in [2.75, 3.05) is 19.8 Å². The van der Waals surface area contributed by atoms with Crippen LogP contribution in [0.5, 0.6) is 0 Å². The molecule has 1 saturated heterocycles. The Labute approximate surface area is 142 Å². The maximum absolute atomic E-state index is 12.2. The van der Waals surface area contributed by atoms with Crippen LogP contribution in [0.15, 0.2) is 24.3 Å². The largest absolute Gasteiger partial charge is 0.381 e. The molecule has 0 bridgehead atoms. The van der Waals surface area contributed by atoms with Gasteiger partial charge in [0.25, 0.3) is 0 Å². The Bertz CT molecular complexity index is 544. The highest BCUT2D eigenvalue weighted by molar-refractivity contribution is 6.30. The van der Waals surface area contributed by atoms with Crippen molar-refractivity contribution in [1.29, 1.82) is 0 Å². The third-order valence-electron chi connectivity index (χ3n) is 5.29. The molecule has 1 aromatic carbocycles. The first-order chi connectivity index (χ1) is 11.2. The van der Waals surface area contributed by atoms with E-state index in [0.717, 1.165) is 49.5 Å². The number of rotatable bonds is 4. The fourth-order valence-corrected chi connectivity index (χ4v) is 4.18. The lowest BCUT2D eigenvalue weighted by atomic mass is 9.75. The van der Waals surface area contributed by atoms with Crippen LogP contribution in [0.25, 0.3) is 0 Å². The summed E-state index contributed by atoms with van der Waals surface area (Å²) >= 11 is 5.97. The molecule has 23 heavy (non-hydrogen) atoms. The van der Waals surface area contributed by atoms with Gasteiger partial charge in [0.15, 0.2) is 0 Å². The maximum Gasteiger partial charge on any atom is 0.315 e. The molecule has 4 nitrogen and oxygen atoms in total. The highest BCUT2D eigenvalue weighted by atomic mass is 35.5. The number of hydrogen-bond donors (Lipinski definition) is 2. The number of amides is 2. The Kier molecular flexibility index (Phi) is 5.44. The zero-order valence-electron chi connectivity index (χ0n) is 13.4. The molecule has 2 amide bonds. The van der Waals surface area contributed by atoms with Crippen LogP contribution in [0, 0.1) is 5.41 Å². The van der Waals surface area contributed by atoms with E-state index in [4.69, 9.17) is 16.3 Å². The fourth-order valence-electron chi connectivity index (χ4n) is 3.96. The van der Waals surface area contributed by atoms with Crippen LogP contribution in [0.3, 0.4) is 0 Å². The lowest BCUT2D eigenvalue weighted by Crippen LogP contribution is -2.50. The number of ether oxygens (including phenoxy) is 1. The van der Waals surface area contributed by atoms with Crippen LogP contribution in [-0.2, 0) is 11.2 Å². The van der Waals surface area contributed by atoms with E-state index in [9.17, 15) is 4.79 Å². The van der Waals surface area contributed by atoms with E-state index in [1.165, 1.54) is 12.8 Å². The van der Waals surface area contributed by atoms with E-state index in [2.05, 4.69) is 10.6 Å². The first-order valence-electron chi connectivity index (χ1n) is 8.55. The maximum atomic E-state index is 12.2. The van der Waals surface area contributed by atoms with Gasteiger partial charge in [-0.3, -0.25) is 0 Å². The van der Waals surface area contributed by atoms with Gasteiger partial charge >= 0.3 is 6.03 Å². The highest BCUT2D eigenvalue weighted by Gasteiger charge is 2.44. The fraction of sp³-hybridized carbons (Fsp3) is 0.611. The van der Waals surface area contributed by atoms with Crippen LogP contribution in [-0.4, -0.2) is 31.8 Å². The van der Waals surface area contributed by atoms with Crippen molar-refractivity contribution >= 4 is 17.6 Å². The Morgan fingerprint density at radius 1 is 1.30 bits per heavy atom. The summed E-state index contributed by atoms with van der Waals surface area (Å²) < 4.78 is 5.49. The van der Waals surface area contributed by atoms with Gasteiger partial charge in [-0.25, -0.2) is 4.79 Å². The zero-order chi connectivity index (χ0) is 16.1. The van der Waals surface area contributed by atoms with Gasteiger partial charge in [0.2, 0.25) is 0 Å². The molecule has 1 aromatic rings. The van der Waals surface area contributed by atoms with Gasteiger partial charge in [-0.15, -0.1) is 0 Å². The first-order valence-corrected chi connectivity index (χ1v) is 8.92. The van der Waals surface area contributed by atoms with Gasteiger partial charge in [0.1, 0.15) is 0 Å². The Hall–Kier alpha value is -1.26. The molecular formula is C18H25ClN2O2. The number of urea groups is 1. The predicted molar refractivity (Wildman–Crippen MR) is 91.8 cm³/mol. The average molecular weight is 337 g/mol. The predicted octanol–water partition coefficient (Wildman–Crippen LogP) is 3.53. The van der Waals surface area contributed by atoms with Crippen LogP contribution in [0.2, 0.25) is 5.02 Å². The van der Waals surface area contributed by atoms with E-state index >= 15 is 0 Å². The number of nitrogens with one attached hydrogen (secondary N) is 2. The van der Waals surface area contributed by atoms with Crippen molar-refractivity contribution in [2.45, 2.75) is 44.6 Å². The van der Waals surface area contributed by atoms with Gasteiger partial charge < -0.3 is 15.4 Å². The quantitative estimate of drug-likeness (QED) is 0.883. The Morgan fingerprint density at radius 2 is 2.13 bits per heavy atom. The minimum absolute atomic E-state index is 0.0511. The summed E-state index contributed by atoms with van der Waals surface area (Å²) in [6.07, 6.45) is 6.43. The summed E-state index contributed by atoms with van der Waals surface area (Å²) in [5.74, 6) is 0. The van der Waals surface area contributed by atoms with E-state index in [1.807, 2.05) is 24.3 Å². The molecule has 2 aliphatic rings. The molecular weight excluding hydrogens is 312 g/mol. The van der Waals surface area contributed by atoms with Crippen LogP contribution >= 0.6 is 11.6 Å². The molecule has 1 aliphatic heterocycles. The van der Waals surface area contributed by atoms with E-state index in [-0.39, 0.29) is 17.5 Å². The molecule has 0 aromatic heterocycles. The minimum atomic E-state index is -0.0511. The molecule has 0 radical (unpaired) electrons. The molecule has 5 heteroatoms. The van der Waals surface area contributed by atoms with Crippen LogP contribution in [0.4, 0.5) is 4.79 Å². The molecule has 1 aliphatic carbocycles. The smallest absolute Gasteiger partial charge is 0.315 e. The number of halogens is 1. The number of carbonyl (C=O) groups is 1. The number of carbonyl (C=O) groups excluding carboxylic acids is 1. The van der Waals surface area contributed by atoms with Crippen LogP contribution < -0.4 is 10.6 Å². The molecule has 3 rings (SSSR count). The summed E-state index contributed by atoms with van der Waals surface area (Å²) in [5, 5.41) is 6.92. The molecule has 2 fully saturated rings. The van der Waals surface area contributed by atoms with Crippen molar-refractivity contribution in [1.82, 2.24) is 10.6 Å². The standard InChI is InChI=1S/C18H25ClN2O2/c19-15-4-1-3-14(13-15)6-10-20-17(22)21-16-5-2-7-18(16)8-11-23-12-9-18/h1,3-4,13,16H,2,5-12H2,(H2,20,21,22). The van der Waals surface area contributed by atoms with Crippen molar-refractivity contribution in [3.63, 3.8) is 0 Å². The summed E-state index contributed by atoms with van der Waals surface area (Å²) in [6, 6.07) is 8.00. The average Bonchev–Trinajstić information content (AvgIpc) is 2.90. The van der Waals surface area contributed by atoms with E-state index in [1.54, 1.807) is 0 Å². The van der Waals surface area contributed by atoms with Crippen LogP contribution in [0.1, 0.15) is 37.7 Å². The van der Waals surface area contributed by atoms with Gasteiger partial charge in [0.05, 0.1) is 0 Å². The van der Waals surface area contributed by atoms with E-state index in [0.29, 0.717) is 6.54 Å². The van der Waals surface area contributed by atoms with Crippen molar-refractivity contribution in [2.24, 2.45) is 5.41 Å². The van der Waals surface area contributed by atoms with Gasteiger partial charge in [-0.05, 0) is 55.2 Å². The summed E-state index contributed by atoms with van der Waals surface area (Å²) in [7, 11) is 0. The molecule has 1 saturated carbocycles. The SMILES string of the molecule is O=C(NCCc1cccc(Cl)c1)NC1CCCC12CCOCC2. The molecule has 1 heterocycles. The second-order valence-corrected chi connectivity index (χ2v) is 7.14. The molecule has 2 N–H and O–H groups in total. The van der Waals surface area contributed by atoms with E-state index < -0.39 is 0 Å². The molecule has 126 valence electrons. The van der Waals surface area contributed by atoms with Crippen molar-refractivity contribution in [3.8, 4) is 0 Å². The summed E-state index contributed by atoms with van der Waals surface area (Å²) in [5.41, 5.74) is 1.40. The number of hydrogen-bond acceptors (Lipinski definition) is 2. The highest BCUT2D eigenvalue weighted by Crippen LogP contribution is 2.45. The van der Waals surface area contributed by atoms with Crippen molar-refractivity contribution < 1.29 is 9.53 Å². The lowest BCUT2D eigenvalue weighted by Gasteiger charge is -2.39. The Balaban J connectivity index is 1.45. The van der Waals surface area contributed by atoms with Gasteiger partial charge in [-0.1, -0.05) is 30.2 Å². The second kappa shape index (κ2) is 7.54. The third kappa shape index (κ3) is 4.18. The summed E-state index contributed by atoms with van der Waals surface area (Å²) in [6.45, 7) is 2.28. The topological polar surface area (TPSA) is 50.4 Å². The number of benzene rings is 1. The van der Waals surface area contributed by atoms with Gasteiger partial charge in [0, 0.05) is 30.8 Å². The summed E-state index contributed by atoms with van der Waals surface area (Å²) in [4.78, 5) is 12.2.